The molecule has 0 unspecified atom stereocenters. The summed E-state index contributed by atoms with van der Waals surface area (Å²) in [5, 5.41) is 9.02. The summed E-state index contributed by atoms with van der Waals surface area (Å²) in [4.78, 5) is 4.45. The summed E-state index contributed by atoms with van der Waals surface area (Å²) >= 11 is 0. The second kappa shape index (κ2) is 4.06. The van der Waals surface area contributed by atoms with Gasteiger partial charge in [0.2, 0.25) is 0 Å². The number of nitriles is 1. The Morgan fingerprint density at radius 3 is 2.93 bits per heavy atom. The van der Waals surface area contributed by atoms with Gasteiger partial charge in [0, 0.05) is 13.0 Å². The van der Waals surface area contributed by atoms with E-state index in [0.717, 1.165) is 25.2 Å². The van der Waals surface area contributed by atoms with E-state index in [4.69, 9.17) is 5.26 Å². The summed E-state index contributed by atoms with van der Waals surface area (Å²) in [6.07, 6.45) is 4.42. The topological polar surface area (TPSA) is 41.6 Å². The molecule has 3 heteroatoms. The molecular weight excluding hydrogens is 186 g/mol. The molecule has 0 saturated carbocycles. The first kappa shape index (κ1) is 10.2. The van der Waals surface area contributed by atoms with Crippen molar-refractivity contribution in [3.8, 4) is 6.07 Å². The lowest BCUT2D eigenvalue weighted by molar-refractivity contribution is 0.495. The van der Waals surface area contributed by atoms with Crippen LogP contribution in [-0.4, -0.2) is 9.55 Å². The Kier molecular flexibility index (Phi) is 2.77. The van der Waals surface area contributed by atoms with E-state index in [1.165, 1.54) is 18.5 Å². The predicted octanol–water partition coefficient (Wildman–Crippen LogP) is 2.29. The maximum absolute atomic E-state index is 9.02. The van der Waals surface area contributed by atoms with E-state index in [1.54, 1.807) is 0 Å². The first-order valence-corrected chi connectivity index (χ1v) is 5.70. The molecular formula is C12H17N3. The largest absolute Gasteiger partial charge is 0.331 e. The minimum Gasteiger partial charge on any atom is -0.331 e. The highest BCUT2D eigenvalue weighted by Gasteiger charge is 2.19. The van der Waals surface area contributed by atoms with Gasteiger partial charge in [0.15, 0.2) is 5.69 Å². The fourth-order valence-corrected chi connectivity index (χ4v) is 2.23. The summed E-state index contributed by atoms with van der Waals surface area (Å²) < 4.78 is 2.27. The number of rotatable bonds is 2. The van der Waals surface area contributed by atoms with Gasteiger partial charge in [-0.2, -0.15) is 5.26 Å². The van der Waals surface area contributed by atoms with E-state index < -0.39 is 0 Å². The zero-order valence-corrected chi connectivity index (χ0v) is 9.45. The quantitative estimate of drug-likeness (QED) is 0.740. The van der Waals surface area contributed by atoms with Crippen molar-refractivity contribution >= 4 is 0 Å². The smallest absolute Gasteiger partial charge is 0.161 e. The molecule has 2 rings (SSSR count). The Labute approximate surface area is 90.7 Å². The van der Waals surface area contributed by atoms with Crippen LogP contribution < -0.4 is 0 Å². The van der Waals surface area contributed by atoms with E-state index >= 15 is 0 Å². The van der Waals surface area contributed by atoms with E-state index in [-0.39, 0.29) is 0 Å². The number of aromatic nitrogens is 2. The van der Waals surface area contributed by atoms with Crippen molar-refractivity contribution in [2.75, 3.05) is 0 Å². The molecule has 0 fully saturated rings. The van der Waals surface area contributed by atoms with Gasteiger partial charge in [-0.1, -0.05) is 13.8 Å². The average molecular weight is 203 g/mol. The molecule has 1 aliphatic heterocycles. The van der Waals surface area contributed by atoms with E-state index in [9.17, 15) is 0 Å². The molecule has 0 atom stereocenters. The van der Waals surface area contributed by atoms with Crippen LogP contribution in [0.1, 0.15) is 43.9 Å². The standard InChI is InChI=1S/C12H17N3/c1-9(2)7-12-14-10(8-13)11-5-3-4-6-15(11)12/h9H,3-7H2,1-2H3. The SMILES string of the molecule is CC(C)Cc1nc(C#N)c2n1CCCC2. The van der Waals surface area contributed by atoms with Crippen molar-refractivity contribution in [3.63, 3.8) is 0 Å². The summed E-state index contributed by atoms with van der Waals surface area (Å²) in [7, 11) is 0. The van der Waals surface area contributed by atoms with E-state index in [1.807, 2.05) is 0 Å². The maximum Gasteiger partial charge on any atom is 0.161 e. The first-order valence-electron chi connectivity index (χ1n) is 5.70. The average Bonchev–Trinajstić information content (AvgIpc) is 2.56. The maximum atomic E-state index is 9.02. The van der Waals surface area contributed by atoms with Crippen molar-refractivity contribution in [1.29, 1.82) is 5.26 Å². The van der Waals surface area contributed by atoms with Crippen LogP contribution in [0.2, 0.25) is 0 Å². The van der Waals surface area contributed by atoms with Gasteiger partial charge in [0.05, 0.1) is 5.69 Å². The molecule has 2 heterocycles. The second-order valence-electron chi connectivity index (χ2n) is 4.64. The highest BCUT2D eigenvalue weighted by atomic mass is 15.1. The van der Waals surface area contributed by atoms with Crippen molar-refractivity contribution in [2.45, 2.75) is 46.1 Å². The molecule has 3 nitrogen and oxygen atoms in total. The number of hydrogen-bond acceptors (Lipinski definition) is 2. The van der Waals surface area contributed by atoms with E-state index in [2.05, 4.69) is 29.5 Å². The zero-order valence-electron chi connectivity index (χ0n) is 9.45. The highest BCUT2D eigenvalue weighted by Crippen LogP contribution is 2.21. The van der Waals surface area contributed by atoms with Gasteiger partial charge in [-0.15, -0.1) is 0 Å². The van der Waals surface area contributed by atoms with E-state index in [0.29, 0.717) is 11.6 Å². The summed E-state index contributed by atoms with van der Waals surface area (Å²) in [6.45, 7) is 5.43. The van der Waals surface area contributed by atoms with Crippen LogP contribution in [-0.2, 0) is 19.4 Å². The minimum absolute atomic E-state index is 0.602. The molecule has 0 bridgehead atoms. The van der Waals surface area contributed by atoms with Crippen LogP contribution >= 0.6 is 0 Å². The summed E-state index contributed by atoms with van der Waals surface area (Å²) in [5.74, 6) is 1.71. The van der Waals surface area contributed by atoms with Crippen molar-refractivity contribution in [1.82, 2.24) is 9.55 Å². The highest BCUT2D eigenvalue weighted by molar-refractivity contribution is 5.30. The van der Waals surface area contributed by atoms with Crippen LogP contribution in [0.15, 0.2) is 0 Å². The third-order valence-corrected chi connectivity index (χ3v) is 2.89. The fraction of sp³-hybridized carbons (Fsp3) is 0.667. The molecule has 0 saturated heterocycles. The van der Waals surface area contributed by atoms with Crippen LogP contribution in [0, 0.1) is 17.2 Å². The summed E-state index contributed by atoms with van der Waals surface area (Å²) in [6, 6.07) is 2.22. The lowest BCUT2D eigenvalue weighted by Gasteiger charge is -2.17. The van der Waals surface area contributed by atoms with Crippen molar-refractivity contribution in [2.24, 2.45) is 5.92 Å². The number of imidazole rings is 1. The van der Waals surface area contributed by atoms with Gasteiger partial charge in [0.25, 0.3) is 0 Å². The van der Waals surface area contributed by atoms with Gasteiger partial charge >= 0.3 is 0 Å². The predicted molar refractivity (Wildman–Crippen MR) is 58.4 cm³/mol. The van der Waals surface area contributed by atoms with Gasteiger partial charge in [0.1, 0.15) is 11.9 Å². The molecule has 0 aliphatic carbocycles. The van der Waals surface area contributed by atoms with Crippen LogP contribution in [0.4, 0.5) is 0 Å². The monoisotopic (exact) mass is 203 g/mol. The number of hydrogen-bond donors (Lipinski definition) is 0. The third-order valence-electron chi connectivity index (χ3n) is 2.89. The van der Waals surface area contributed by atoms with Crippen LogP contribution in [0.25, 0.3) is 0 Å². The van der Waals surface area contributed by atoms with Gasteiger partial charge in [-0.3, -0.25) is 0 Å². The fourth-order valence-electron chi connectivity index (χ4n) is 2.23. The van der Waals surface area contributed by atoms with Gasteiger partial charge < -0.3 is 4.57 Å². The van der Waals surface area contributed by atoms with Crippen LogP contribution in [0.5, 0.6) is 0 Å². The van der Waals surface area contributed by atoms with Gasteiger partial charge in [-0.25, -0.2) is 4.98 Å². The Morgan fingerprint density at radius 1 is 1.47 bits per heavy atom. The second-order valence-corrected chi connectivity index (χ2v) is 4.64. The Morgan fingerprint density at radius 2 is 2.27 bits per heavy atom. The molecule has 1 aromatic heterocycles. The Hall–Kier alpha value is -1.30. The number of fused-ring (bicyclic) bond motifs is 1. The molecule has 0 spiro atoms. The summed E-state index contributed by atoms with van der Waals surface area (Å²) in [5.41, 5.74) is 1.82. The molecule has 1 aromatic rings. The molecule has 0 radical (unpaired) electrons. The molecule has 15 heavy (non-hydrogen) atoms. The lowest BCUT2D eigenvalue weighted by atomic mass is 10.1. The van der Waals surface area contributed by atoms with Crippen molar-refractivity contribution in [3.05, 3.63) is 17.2 Å². The minimum atomic E-state index is 0.602. The Bertz CT molecular complexity index is 396. The first-order chi connectivity index (χ1) is 7.22. The third kappa shape index (κ3) is 1.90. The molecule has 80 valence electrons. The van der Waals surface area contributed by atoms with Crippen LogP contribution in [0.3, 0.4) is 0 Å². The van der Waals surface area contributed by atoms with Crippen molar-refractivity contribution < 1.29 is 0 Å². The number of nitrogens with zero attached hydrogens (tertiary/aromatic N) is 3. The zero-order chi connectivity index (χ0) is 10.8. The molecule has 0 amide bonds. The Balaban J connectivity index is 2.39. The molecule has 0 N–H and O–H groups in total. The normalized spacial score (nSPS) is 15.1. The lowest BCUT2D eigenvalue weighted by Crippen LogP contribution is -2.14. The molecule has 1 aliphatic rings. The van der Waals surface area contributed by atoms with Gasteiger partial charge in [-0.05, 0) is 25.2 Å². The molecule has 0 aromatic carbocycles.